The number of nitrogens with zero attached hydrogens (tertiary/aromatic N) is 2. The van der Waals surface area contributed by atoms with E-state index in [1.165, 1.54) is 0 Å². The van der Waals surface area contributed by atoms with E-state index in [0.717, 1.165) is 12.0 Å². The Morgan fingerprint density at radius 1 is 1.28 bits per heavy atom. The summed E-state index contributed by atoms with van der Waals surface area (Å²) in [5, 5.41) is 13.6. The highest BCUT2D eigenvalue weighted by atomic mass is 16.5. The maximum atomic E-state index is 12.5. The van der Waals surface area contributed by atoms with Crippen LogP contribution in [0.2, 0.25) is 0 Å². The van der Waals surface area contributed by atoms with Crippen LogP contribution in [0.15, 0.2) is 53.5 Å². The van der Waals surface area contributed by atoms with Crippen molar-refractivity contribution in [1.82, 2.24) is 5.32 Å². The lowest BCUT2D eigenvalue weighted by Gasteiger charge is -2.07. The van der Waals surface area contributed by atoms with Crippen molar-refractivity contribution in [3.63, 3.8) is 0 Å². The number of ether oxygens (including phenoxy) is 1. The first-order valence-electron chi connectivity index (χ1n) is 9.19. The summed E-state index contributed by atoms with van der Waals surface area (Å²) in [6.45, 7) is 2.19. The van der Waals surface area contributed by atoms with Crippen LogP contribution >= 0.6 is 0 Å². The van der Waals surface area contributed by atoms with Crippen molar-refractivity contribution < 1.29 is 14.3 Å². The summed E-state index contributed by atoms with van der Waals surface area (Å²) in [6.07, 6.45) is 2.47. The first-order chi connectivity index (χ1) is 14.0. The van der Waals surface area contributed by atoms with E-state index >= 15 is 0 Å². The van der Waals surface area contributed by atoms with Crippen LogP contribution < -0.4 is 16.4 Å². The second-order valence-electron chi connectivity index (χ2n) is 6.56. The van der Waals surface area contributed by atoms with Crippen molar-refractivity contribution in [2.75, 3.05) is 11.9 Å². The highest BCUT2D eigenvalue weighted by Crippen LogP contribution is 2.48. The van der Waals surface area contributed by atoms with Gasteiger partial charge in [0, 0.05) is 11.3 Å². The average molecular weight is 391 g/mol. The van der Waals surface area contributed by atoms with E-state index in [1.54, 1.807) is 37.4 Å². The Hall–Kier alpha value is -3.86. The number of rotatable bonds is 6. The fourth-order valence-electron chi connectivity index (χ4n) is 3.03. The maximum absolute atomic E-state index is 12.5. The van der Waals surface area contributed by atoms with Gasteiger partial charge in [-0.1, -0.05) is 18.2 Å². The van der Waals surface area contributed by atoms with Crippen LogP contribution in [0.1, 0.15) is 35.2 Å². The van der Waals surface area contributed by atoms with Gasteiger partial charge in [-0.3, -0.25) is 14.9 Å². The van der Waals surface area contributed by atoms with E-state index in [-0.39, 0.29) is 29.7 Å². The monoisotopic (exact) mass is 391 g/mol. The summed E-state index contributed by atoms with van der Waals surface area (Å²) in [4.78, 5) is 28.3. The van der Waals surface area contributed by atoms with Crippen molar-refractivity contribution in [1.29, 1.82) is 5.26 Å². The van der Waals surface area contributed by atoms with E-state index in [1.807, 2.05) is 24.3 Å². The van der Waals surface area contributed by atoms with Gasteiger partial charge in [0.2, 0.25) is 5.96 Å². The summed E-state index contributed by atoms with van der Waals surface area (Å²) in [5.74, 6) is -0.384. The lowest BCUT2D eigenvalue weighted by Crippen LogP contribution is -2.26. The molecule has 8 nitrogen and oxygen atoms in total. The molecule has 1 fully saturated rings. The van der Waals surface area contributed by atoms with Crippen LogP contribution in [0.25, 0.3) is 0 Å². The van der Waals surface area contributed by atoms with Crippen LogP contribution in [0, 0.1) is 17.4 Å². The number of hydrogen-bond donors (Lipinski definition) is 3. The van der Waals surface area contributed by atoms with E-state index in [0.29, 0.717) is 23.5 Å². The van der Waals surface area contributed by atoms with E-state index in [2.05, 4.69) is 15.6 Å². The molecule has 2 atom stereocenters. The summed E-state index contributed by atoms with van der Waals surface area (Å²) in [5.41, 5.74) is 8.10. The van der Waals surface area contributed by atoms with Crippen molar-refractivity contribution in [2.24, 2.45) is 16.6 Å². The number of aliphatic imine (C=N–C) groups is 1. The van der Waals surface area contributed by atoms with Gasteiger partial charge in [0.05, 0.1) is 18.2 Å². The van der Waals surface area contributed by atoms with Gasteiger partial charge in [0.25, 0.3) is 5.91 Å². The molecule has 0 bridgehead atoms. The minimum atomic E-state index is -0.294. The zero-order valence-electron chi connectivity index (χ0n) is 15.9. The Morgan fingerprint density at radius 2 is 2.03 bits per heavy atom. The van der Waals surface area contributed by atoms with Crippen molar-refractivity contribution in [3.8, 4) is 6.19 Å². The SMILES string of the molecule is CCOC(=O)C1CC1c1ccc(NC(=O)c2cccc(N=C(N)NC#N)c2)cc1. The van der Waals surface area contributed by atoms with Crippen molar-refractivity contribution in [2.45, 2.75) is 19.3 Å². The Morgan fingerprint density at radius 3 is 2.72 bits per heavy atom. The fraction of sp³-hybridized carbons (Fsp3) is 0.238. The molecule has 0 aromatic heterocycles. The van der Waals surface area contributed by atoms with Gasteiger partial charge in [-0.05, 0) is 55.2 Å². The Balaban J connectivity index is 1.62. The highest BCUT2D eigenvalue weighted by molar-refractivity contribution is 6.04. The molecule has 2 aromatic rings. The van der Waals surface area contributed by atoms with Gasteiger partial charge in [-0.2, -0.15) is 5.26 Å². The number of amides is 1. The number of anilines is 1. The molecule has 0 heterocycles. The van der Waals surface area contributed by atoms with Gasteiger partial charge < -0.3 is 15.8 Å². The minimum Gasteiger partial charge on any atom is -0.466 e. The average Bonchev–Trinajstić information content (AvgIpc) is 3.50. The van der Waals surface area contributed by atoms with Crippen molar-refractivity contribution in [3.05, 3.63) is 59.7 Å². The lowest BCUT2D eigenvalue weighted by molar-refractivity contribution is -0.144. The molecule has 1 aliphatic rings. The number of carbonyl (C=O) groups is 2. The summed E-state index contributed by atoms with van der Waals surface area (Å²) in [6, 6.07) is 14.0. The number of guanidine groups is 1. The third kappa shape index (κ3) is 5.11. The largest absolute Gasteiger partial charge is 0.466 e. The number of hydrogen-bond acceptors (Lipinski definition) is 5. The Labute approximate surface area is 168 Å². The van der Waals surface area contributed by atoms with Gasteiger partial charge >= 0.3 is 5.97 Å². The topological polar surface area (TPSA) is 130 Å². The normalized spacial score (nSPS) is 17.7. The number of esters is 1. The molecule has 148 valence electrons. The van der Waals surface area contributed by atoms with E-state index < -0.39 is 0 Å². The third-order valence-electron chi connectivity index (χ3n) is 4.52. The molecule has 1 amide bonds. The standard InChI is InChI=1S/C21H21N5O3/c1-2-29-20(28)18-11-17(18)13-6-8-15(9-7-13)25-19(27)14-4-3-5-16(10-14)26-21(23)24-12-22/h3-10,17-18H,2,11H2,1H3,(H,25,27)(H3,23,24,26). The van der Waals surface area contributed by atoms with Crippen LogP contribution in [-0.4, -0.2) is 24.4 Å². The van der Waals surface area contributed by atoms with E-state index in [4.69, 9.17) is 15.7 Å². The van der Waals surface area contributed by atoms with Gasteiger partial charge in [-0.15, -0.1) is 0 Å². The molecule has 0 radical (unpaired) electrons. The molecule has 0 saturated heterocycles. The molecule has 29 heavy (non-hydrogen) atoms. The van der Waals surface area contributed by atoms with Gasteiger partial charge in [0.15, 0.2) is 6.19 Å². The number of benzene rings is 2. The second-order valence-corrected chi connectivity index (χ2v) is 6.56. The first kappa shape index (κ1) is 19.9. The molecule has 1 aliphatic carbocycles. The zero-order valence-corrected chi connectivity index (χ0v) is 15.9. The molecular formula is C21H21N5O3. The molecule has 3 rings (SSSR count). The van der Waals surface area contributed by atoms with Gasteiger partial charge in [0.1, 0.15) is 0 Å². The predicted molar refractivity (Wildman–Crippen MR) is 108 cm³/mol. The first-order valence-corrected chi connectivity index (χ1v) is 9.19. The lowest BCUT2D eigenvalue weighted by atomic mass is 10.1. The third-order valence-corrected chi connectivity index (χ3v) is 4.52. The molecule has 4 N–H and O–H groups in total. The predicted octanol–water partition coefficient (Wildman–Crippen LogP) is 2.62. The van der Waals surface area contributed by atoms with Crippen LogP contribution in [0.3, 0.4) is 0 Å². The smallest absolute Gasteiger partial charge is 0.309 e. The molecule has 8 heteroatoms. The molecule has 2 aromatic carbocycles. The zero-order chi connectivity index (χ0) is 20.8. The maximum Gasteiger partial charge on any atom is 0.309 e. The van der Waals surface area contributed by atoms with E-state index in [9.17, 15) is 9.59 Å². The van der Waals surface area contributed by atoms with Crippen molar-refractivity contribution >= 4 is 29.2 Å². The number of carbonyl (C=O) groups excluding carboxylic acids is 2. The number of nitrogens with two attached hydrogens (primary N) is 1. The molecule has 2 unspecified atom stereocenters. The highest BCUT2D eigenvalue weighted by Gasteiger charge is 2.45. The van der Waals surface area contributed by atoms with Gasteiger partial charge in [-0.25, -0.2) is 4.99 Å². The molecule has 0 aliphatic heterocycles. The summed E-state index contributed by atoms with van der Waals surface area (Å²) < 4.78 is 5.06. The van der Waals surface area contributed by atoms with Crippen LogP contribution in [-0.2, 0) is 9.53 Å². The quantitative estimate of drug-likeness (QED) is 0.228. The molecular weight excluding hydrogens is 370 g/mol. The number of nitriles is 1. The van der Waals surface area contributed by atoms with Crippen LogP contribution in [0.4, 0.5) is 11.4 Å². The molecule has 0 spiro atoms. The Kier molecular flexibility index (Phi) is 6.09. The fourth-order valence-corrected chi connectivity index (χ4v) is 3.03. The second kappa shape index (κ2) is 8.89. The number of nitrogens with one attached hydrogen (secondary N) is 2. The van der Waals surface area contributed by atoms with Crippen LogP contribution in [0.5, 0.6) is 0 Å². The summed E-state index contributed by atoms with van der Waals surface area (Å²) >= 11 is 0. The summed E-state index contributed by atoms with van der Waals surface area (Å²) in [7, 11) is 0. The Bertz CT molecular complexity index is 979. The minimum absolute atomic E-state index is 0.0538. The molecule has 1 saturated carbocycles.